The number of ether oxygens (including phenoxy) is 2. The minimum Gasteiger partial charge on any atom is -0.493 e. The number of hydrogen-bond acceptors (Lipinski definition) is 5. The third-order valence-electron chi connectivity index (χ3n) is 3.27. The van der Waals surface area contributed by atoms with Crippen LogP contribution in [-0.2, 0) is 16.4 Å². The number of sulfonamides is 1. The summed E-state index contributed by atoms with van der Waals surface area (Å²) in [7, 11) is -0.00653. The van der Waals surface area contributed by atoms with Gasteiger partial charge in [-0.3, -0.25) is 0 Å². The van der Waals surface area contributed by atoms with E-state index >= 15 is 0 Å². The molecular weight excluding hydrogens is 352 g/mol. The van der Waals surface area contributed by atoms with Gasteiger partial charge in [0.15, 0.2) is 11.5 Å². The molecule has 0 aliphatic heterocycles. The van der Waals surface area contributed by atoms with Gasteiger partial charge in [-0.15, -0.1) is 12.4 Å². The first kappa shape index (κ1) is 23.0. The Morgan fingerprint density at radius 1 is 1.08 bits per heavy atom. The quantitative estimate of drug-likeness (QED) is 0.649. The summed E-state index contributed by atoms with van der Waals surface area (Å²) >= 11 is 0. The van der Waals surface area contributed by atoms with E-state index in [1.54, 1.807) is 14.2 Å². The standard InChI is InChI=1S/C16H28N2O4S.ClH/c1-12(2)18-23(19,20)9-8-17-13(3)10-14-6-7-15(21-4)16(11-14)22-5;/h6-7,11-13,17-18H,8-10H2,1-5H3;1H. The Morgan fingerprint density at radius 2 is 1.71 bits per heavy atom. The first-order valence-electron chi connectivity index (χ1n) is 7.71. The molecule has 0 aromatic heterocycles. The van der Waals surface area contributed by atoms with E-state index in [0.717, 1.165) is 12.0 Å². The van der Waals surface area contributed by atoms with Gasteiger partial charge in [-0.1, -0.05) is 6.07 Å². The van der Waals surface area contributed by atoms with E-state index in [0.29, 0.717) is 18.0 Å². The van der Waals surface area contributed by atoms with Crippen LogP contribution in [0.3, 0.4) is 0 Å². The second kappa shape index (κ2) is 10.8. The molecule has 1 aromatic rings. The Morgan fingerprint density at radius 3 is 2.25 bits per heavy atom. The normalized spacial score (nSPS) is 12.6. The zero-order chi connectivity index (χ0) is 17.5. The lowest BCUT2D eigenvalue weighted by atomic mass is 10.1. The second-order valence-corrected chi connectivity index (χ2v) is 7.71. The molecular formula is C16H29ClN2O4S. The van der Waals surface area contributed by atoms with Crippen molar-refractivity contribution in [2.45, 2.75) is 39.3 Å². The van der Waals surface area contributed by atoms with Gasteiger partial charge in [0.05, 0.1) is 20.0 Å². The van der Waals surface area contributed by atoms with Gasteiger partial charge >= 0.3 is 0 Å². The molecule has 0 saturated heterocycles. The van der Waals surface area contributed by atoms with Crippen LogP contribution in [0.2, 0.25) is 0 Å². The summed E-state index contributed by atoms with van der Waals surface area (Å²) in [5.41, 5.74) is 1.10. The molecule has 1 atom stereocenters. The summed E-state index contributed by atoms with van der Waals surface area (Å²) in [6.45, 7) is 6.06. The van der Waals surface area contributed by atoms with Crippen molar-refractivity contribution >= 4 is 22.4 Å². The van der Waals surface area contributed by atoms with E-state index in [-0.39, 0.29) is 30.2 Å². The first-order valence-corrected chi connectivity index (χ1v) is 9.37. The van der Waals surface area contributed by atoms with E-state index in [4.69, 9.17) is 9.47 Å². The summed E-state index contributed by atoms with van der Waals surface area (Å²) in [4.78, 5) is 0. The number of nitrogens with one attached hydrogen (secondary N) is 2. The van der Waals surface area contributed by atoms with Crippen LogP contribution >= 0.6 is 12.4 Å². The zero-order valence-electron chi connectivity index (χ0n) is 15.0. The van der Waals surface area contributed by atoms with Gasteiger partial charge in [0, 0.05) is 18.6 Å². The summed E-state index contributed by atoms with van der Waals surface area (Å²) in [6, 6.07) is 5.87. The number of hydrogen-bond donors (Lipinski definition) is 2. The summed E-state index contributed by atoms with van der Waals surface area (Å²) in [5, 5.41) is 3.24. The molecule has 0 amide bonds. The maximum Gasteiger partial charge on any atom is 0.213 e. The minimum atomic E-state index is -3.22. The van der Waals surface area contributed by atoms with Crippen molar-refractivity contribution < 1.29 is 17.9 Å². The molecule has 0 saturated carbocycles. The van der Waals surface area contributed by atoms with Crippen molar-refractivity contribution in [3.05, 3.63) is 23.8 Å². The summed E-state index contributed by atoms with van der Waals surface area (Å²) in [6.07, 6.45) is 0.776. The van der Waals surface area contributed by atoms with E-state index in [2.05, 4.69) is 10.0 Å². The number of halogens is 1. The zero-order valence-corrected chi connectivity index (χ0v) is 16.6. The lowest BCUT2D eigenvalue weighted by Gasteiger charge is -2.16. The third-order valence-corrected chi connectivity index (χ3v) is 4.84. The molecule has 0 aliphatic rings. The highest BCUT2D eigenvalue weighted by molar-refractivity contribution is 7.89. The molecule has 0 heterocycles. The Balaban J connectivity index is 0.00000529. The summed E-state index contributed by atoms with van der Waals surface area (Å²) in [5.74, 6) is 1.46. The van der Waals surface area contributed by atoms with Crippen molar-refractivity contribution in [2.75, 3.05) is 26.5 Å². The monoisotopic (exact) mass is 380 g/mol. The molecule has 24 heavy (non-hydrogen) atoms. The van der Waals surface area contributed by atoms with Crippen LogP contribution < -0.4 is 19.5 Å². The lowest BCUT2D eigenvalue weighted by Crippen LogP contribution is -2.38. The van der Waals surface area contributed by atoms with E-state index < -0.39 is 10.0 Å². The molecule has 6 nitrogen and oxygen atoms in total. The number of rotatable bonds is 10. The molecule has 140 valence electrons. The molecule has 0 spiro atoms. The average Bonchev–Trinajstić information content (AvgIpc) is 2.45. The minimum absolute atomic E-state index is 0. The largest absolute Gasteiger partial charge is 0.493 e. The lowest BCUT2D eigenvalue weighted by molar-refractivity contribution is 0.354. The SMILES string of the molecule is COc1ccc(CC(C)NCCS(=O)(=O)NC(C)C)cc1OC.Cl. The Kier molecular flexibility index (Phi) is 10.3. The van der Waals surface area contributed by atoms with E-state index in [1.165, 1.54) is 0 Å². The van der Waals surface area contributed by atoms with Gasteiger partial charge in [-0.05, 0) is 44.9 Å². The Bertz CT molecular complexity index is 594. The van der Waals surface area contributed by atoms with Gasteiger partial charge in [0.1, 0.15) is 0 Å². The smallest absolute Gasteiger partial charge is 0.213 e. The molecule has 1 rings (SSSR count). The molecule has 1 unspecified atom stereocenters. The topological polar surface area (TPSA) is 76.7 Å². The molecule has 1 aromatic carbocycles. The van der Waals surface area contributed by atoms with Gasteiger partial charge < -0.3 is 14.8 Å². The third kappa shape index (κ3) is 8.19. The maximum atomic E-state index is 11.8. The van der Waals surface area contributed by atoms with Crippen molar-refractivity contribution in [3.63, 3.8) is 0 Å². The molecule has 0 bridgehead atoms. The van der Waals surface area contributed by atoms with E-state index in [9.17, 15) is 8.42 Å². The number of methoxy groups -OCH3 is 2. The van der Waals surface area contributed by atoms with Gasteiger partial charge in [0.2, 0.25) is 10.0 Å². The molecule has 0 aliphatic carbocycles. The predicted octanol–water partition coefficient (Wildman–Crippen LogP) is 1.97. The van der Waals surface area contributed by atoms with Crippen LogP contribution in [0.5, 0.6) is 11.5 Å². The van der Waals surface area contributed by atoms with E-state index in [1.807, 2.05) is 39.0 Å². The van der Waals surface area contributed by atoms with Crippen molar-refractivity contribution in [3.8, 4) is 11.5 Å². The fourth-order valence-corrected chi connectivity index (χ4v) is 3.51. The van der Waals surface area contributed by atoms with Crippen molar-refractivity contribution in [2.24, 2.45) is 0 Å². The maximum absolute atomic E-state index is 11.8. The molecule has 0 fully saturated rings. The number of benzene rings is 1. The van der Waals surface area contributed by atoms with Crippen LogP contribution in [-0.4, -0.2) is 47.0 Å². The van der Waals surface area contributed by atoms with Gasteiger partial charge in [-0.2, -0.15) is 0 Å². The van der Waals surface area contributed by atoms with Gasteiger partial charge in [-0.25, -0.2) is 13.1 Å². The summed E-state index contributed by atoms with van der Waals surface area (Å²) < 4.78 is 36.6. The van der Waals surface area contributed by atoms with Crippen LogP contribution in [0.15, 0.2) is 18.2 Å². The fourth-order valence-electron chi connectivity index (χ4n) is 2.29. The Hall–Kier alpha value is -1.02. The van der Waals surface area contributed by atoms with Crippen LogP contribution in [0.25, 0.3) is 0 Å². The Labute approximate surface area is 151 Å². The fraction of sp³-hybridized carbons (Fsp3) is 0.625. The average molecular weight is 381 g/mol. The van der Waals surface area contributed by atoms with Crippen molar-refractivity contribution in [1.29, 1.82) is 0 Å². The highest BCUT2D eigenvalue weighted by atomic mass is 35.5. The first-order chi connectivity index (χ1) is 10.8. The molecule has 8 heteroatoms. The second-order valence-electron chi connectivity index (χ2n) is 5.84. The van der Waals surface area contributed by atoms with Crippen molar-refractivity contribution in [1.82, 2.24) is 10.0 Å². The predicted molar refractivity (Wildman–Crippen MR) is 100 cm³/mol. The van der Waals surface area contributed by atoms with Gasteiger partial charge in [0.25, 0.3) is 0 Å². The van der Waals surface area contributed by atoms with Crippen LogP contribution in [0, 0.1) is 0 Å². The highest BCUT2D eigenvalue weighted by Crippen LogP contribution is 2.27. The highest BCUT2D eigenvalue weighted by Gasteiger charge is 2.13. The molecule has 2 N–H and O–H groups in total. The van der Waals surface area contributed by atoms with Crippen LogP contribution in [0.4, 0.5) is 0 Å². The molecule has 0 radical (unpaired) electrons. The van der Waals surface area contributed by atoms with Crippen LogP contribution in [0.1, 0.15) is 26.3 Å².